The molecule has 3 aliphatic carbocycles. The largest absolute Gasteiger partial charge is 0.497 e. The third-order valence-corrected chi connectivity index (χ3v) is 5.70. The van der Waals surface area contributed by atoms with Gasteiger partial charge in [0.25, 0.3) is 0 Å². The van der Waals surface area contributed by atoms with Gasteiger partial charge in [0, 0.05) is 12.1 Å². The lowest BCUT2D eigenvalue weighted by Gasteiger charge is -2.29. The highest BCUT2D eigenvalue weighted by molar-refractivity contribution is 5.30. The Bertz CT molecular complexity index is 465. The second-order valence-electron chi connectivity index (χ2n) is 7.04. The number of rotatable bonds is 5. The van der Waals surface area contributed by atoms with Crippen molar-refractivity contribution in [2.24, 2.45) is 17.8 Å². The van der Waals surface area contributed by atoms with Crippen molar-refractivity contribution < 1.29 is 4.74 Å². The van der Waals surface area contributed by atoms with E-state index in [2.05, 4.69) is 29.6 Å². The number of benzene rings is 1. The van der Waals surface area contributed by atoms with Crippen molar-refractivity contribution in [1.82, 2.24) is 5.32 Å². The van der Waals surface area contributed by atoms with E-state index in [0.717, 1.165) is 29.5 Å². The van der Waals surface area contributed by atoms with Crippen LogP contribution in [0, 0.1) is 17.8 Å². The first-order valence-electron chi connectivity index (χ1n) is 8.23. The Labute approximate surface area is 121 Å². The summed E-state index contributed by atoms with van der Waals surface area (Å²) in [5, 5.41) is 4.02. The predicted molar refractivity (Wildman–Crippen MR) is 80.8 cm³/mol. The standard InChI is InChI=1S/C18H25NO/c1-20-16-8-6-14(7-9-16)18(13-4-5-13)19-17-11-12-2-3-15(17)10-12/h6-9,12-13,15,17-19H,2-5,10-11H2,1H3. The van der Waals surface area contributed by atoms with Gasteiger partial charge in [0.2, 0.25) is 0 Å². The molecule has 0 saturated heterocycles. The Morgan fingerprint density at radius 1 is 1.05 bits per heavy atom. The summed E-state index contributed by atoms with van der Waals surface area (Å²) >= 11 is 0. The summed E-state index contributed by atoms with van der Waals surface area (Å²) in [6.07, 6.45) is 8.64. The fourth-order valence-corrected chi connectivity index (χ4v) is 4.42. The normalized spacial score (nSPS) is 33.4. The molecule has 0 aliphatic heterocycles. The van der Waals surface area contributed by atoms with Gasteiger partial charge in [-0.05, 0) is 67.6 Å². The van der Waals surface area contributed by atoms with Gasteiger partial charge in [-0.2, -0.15) is 0 Å². The second kappa shape index (κ2) is 5.07. The topological polar surface area (TPSA) is 21.3 Å². The van der Waals surface area contributed by atoms with Gasteiger partial charge in [0.15, 0.2) is 0 Å². The molecule has 20 heavy (non-hydrogen) atoms. The van der Waals surface area contributed by atoms with Gasteiger partial charge in [0.1, 0.15) is 5.75 Å². The predicted octanol–water partition coefficient (Wildman–Crippen LogP) is 3.92. The first-order chi connectivity index (χ1) is 9.83. The molecule has 2 heteroatoms. The van der Waals surface area contributed by atoms with Crippen molar-refractivity contribution in [1.29, 1.82) is 0 Å². The SMILES string of the molecule is COc1ccc(C(NC2CC3CCC2C3)C2CC2)cc1. The van der Waals surface area contributed by atoms with Crippen LogP contribution in [0.2, 0.25) is 0 Å². The lowest BCUT2D eigenvalue weighted by atomic mass is 9.92. The van der Waals surface area contributed by atoms with E-state index in [4.69, 9.17) is 4.74 Å². The summed E-state index contributed by atoms with van der Waals surface area (Å²) < 4.78 is 5.28. The smallest absolute Gasteiger partial charge is 0.118 e. The molecule has 4 rings (SSSR count). The highest BCUT2D eigenvalue weighted by Crippen LogP contribution is 2.47. The fourth-order valence-electron chi connectivity index (χ4n) is 4.42. The maximum Gasteiger partial charge on any atom is 0.118 e. The summed E-state index contributed by atoms with van der Waals surface area (Å²) in [6, 6.07) is 10.1. The van der Waals surface area contributed by atoms with Crippen LogP contribution >= 0.6 is 0 Å². The van der Waals surface area contributed by atoms with Crippen LogP contribution < -0.4 is 10.1 Å². The molecule has 0 amide bonds. The molecular weight excluding hydrogens is 246 g/mol. The van der Waals surface area contributed by atoms with Crippen molar-refractivity contribution in [3.05, 3.63) is 29.8 Å². The van der Waals surface area contributed by atoms with E-state index in [9.17, 15) is 0 Å². The summed E-state index contributed by atoms with van der Waals surface area (Å²) in [7, 11) is 1.74. The number of ether oxygens (including phenoxy) is 1. The molecule has 4 atom stereocenters. The summed E-state index contributed by atoms with van der Waals surface area (Å²) in [5.41, 5.74) is 1.45. The van der Waals surface area contributed by atoms with Gasteiger partial charge in [-0.1, -0.05) is 18.6 Å². The van der Waals surface area contributed by atoms with Crippen molar-refractivity contribution in [2.75, 3.05) is 7.11 Å². The highest BCUT2D eigenvalue weighted by atomic mass is 16.5. The molecule has 1 aromatic carbocycles. The Balaban J connectivity index is 1.49. The minimum atomic E-state index is 0.574. The molecule has 0 radical (unpaired) electrons. The number of hydrogen-bond donors (Lipinski definition) is 1. The van der Waals surface area contributed by atoms with Gasteiger partial charge in [0.05, 0.1) is 7.11 Å². The van der Waals surface area contributed by atoms with Crippen LogP contribution in [0.4, 0.5) is 0 Å². The molecule has 0 spiro atoms. The van der Waals surface area contributed by atoms with Crippen LogP contribution in [0.15, 0.2) is 24.3 Å². The highest BCUT2D eigenvalue weighted by Gasteiger charge is 2.42. The maximum atomic E-state index is 5.28. The molecule has 2 bridgehead atoms. The Morgan fingerprint density at radius 3 is 2.40 bits per heavy atom. The van der Waals surface area contributed by atoms with Crippen LogP contribution in [-0.2, 0) is 0 Å². The van der Waals surface area contributed by atoms with Crippen LogP contribution in [0.25, 0.3) is 0 Å². The lowest BCUT2D eigenvalue weighted by Crippen LogP contribution is -2.37. The molecule has 3 saturated carbocycles. The Morgan fingerprint density at radius 2 is 1.85 bits per heavy atom. The molecule has 0 heterocycles. The first kappa shape index (κ1) is 12.7. The Kier molecular flexibility index (Phi) is 3.22. The quantitative estimate of drug-likeness (QED) is 0.876. The zero-order valence-electron chi connectivity index (χ0n) is 12.3. The van der Waals surface area contributed by atoms with Crippen LogP contribution in [-0.4, -0.2) is 13.2 Å². The molecule has 0 aromatic heterocycles. The average molecular weight is 271 g/mol. The van der Waals surface area contributed by atoms with Gasteiger partial charge < -0.3 is 10.1 Å². The molecule has 2 nitrogen and oxygen atoms in total. The summed E-state index contributed by atoms with van der Waals surface area (Å²) in [5.74, 6) is 3.80. The third-order valence-electron chi connectivity index (χ3n) is 5.70. The number of nitrogens with one attached hydrogen (secondary N) is 1. The summed E-state index contributed by atoms with van der Waals surface area (Å²) in [6.45, 7) is 0. The van der Waals surface area contributed by atoms with E-state index >= 15 is 0 Å². The zero-order valence-corrected chi connectivity index (χ0v) is 12.3. The number of hydrogen-bond acceptors (Lipinski definition) is 2. The molecular formula is C18H25NO. The second-order valence-corrected chi connectivity index (χ2v) is 7.04. The van der Waals surface area contributed by atoms with E-state index in [1.54, 1.807) is 7.11 Å². The number of fused-ring (bicyclic) bond motifs is 2. The van der Waals surface area contributed by atoms with Crippen LogP contribution in [0.5, 0.6) is 5.75 Å². The van der Waals surface area contributed by atoms with E-state index in [-0.39, 0.29) is 0 Å². The van der Waals surface area contributed by atoms with Gasteiger partial charge >= 0.3 is 0 Å². The van der Waals surface area contributed by atoms with Crippen molar-refractivity contribution in [3.8, 4) is 5.75 Å². The molecule has 108 valence electrons. The van der Waals surface area contributed by atoms with E-state index < -0.39 is 0 Å². The van der Waals surface area contributed by atoms with Crippen molar-refractivity contribution in [3.63, 3.8) is 0 Å². The van der Waals surface area contributed by atoms with E-state index in [1.807, 2.05) is 0 Å². The van der Waals surface area contributed by atoms with Gasteiger partial charge in [-0.25, -0.2) is 0 Å². The van der Waals surface area contributed by atoms with E-state index in [0.29, 0.717) is 6.04 Å². The third kappa shape index (κ3) is 2.35. The monoisotopic (exact) mass is 271 g/mol. The summed E-state index contributed by atoms with van der Waals surface area (Å²) in [4.78, 5) is 0. The van der Waals surface area contributed by atoms with Crippen molar-refractivity contribution >= 4 is 0 Å². The van der Waals surface area contributed by atoms with Crippen molar-refractivity contribution in [2.45, 2.75) is 50.6 Å². The molecule has 1 N–H and O–H groups in total. The fraction of sp³-hybridized carbons (Fsp3) is 0.667. The van der Waals surface area contributed by atoms with Gasteiger partial charge in [-0.15, -0.1) is 0 Å². The minimum Gasteiger partial charge on any atom is -0.497 e. The molecule has 3 fully saturated rings. The van der Waals surface area contributed by atoms with E-state index in [1.165, 1.54) is 44.1 Å². The first-order valence-corrected chi connectivity index (χ1v) is 8.23. The Hall–Kier alpha value is -1.02. The van der Waals surface area contributed by atoms with Crippen LogP contribution in [0.3, 0.4) is 0 Å². The molecule has 3 aliphatic rings. The average Bonchev–Trinajstić information content (AvgIpc) is 3.12. The maximum absolute atomic E-state index is 5.28. The van der Waals surface area contributed by atoms with Gasteiger partial charge in [-0.3, -0.25) is 0 Å². The van der Waals surface area contributed by atoms with Crippen LogP contribution in [0.1, 0.15) is 50.1 Å². The molecule has 1 aromatic rings. The minimum absolute atomic E-state index is 0.574. The number of methoxy groups -OCH3 is 1. The molecule has 4 unspecified atom stereocenters. The lowest BCUT2D eigenvalue weighted by molar-refractivity contribution is 0.305. The zero-order chi connectivity index (χ0) is 13.5.